The second kappa shape index (κ2) is 9.15. The zero-order valence-corrected chi connectivity index (χ0v) is 16.4. The minimum Gasteiger partial charge on any atom is -0.312 e. The van der Waals surface area contributed by atoms with Crippen molar-refractivity contribution in [3.05, 3.63) is 0 Å². The number of hydrogen-bond donors (Lipinski definition) is 2. The fourth-order valence-corrected chi connectivity index (χ4v) is 1.06. The first-order valence-corrected chi connectivity index (χ1v) is 7.91. The lowest BCUT2D eigenvalue weighted by Crippen LogP contribution is -2.40. The summed E-state index contributed by atoms with van der Waals surface area (Å²) < 4.78 is 0. The highest BCUT2D eigenvalue weighted by atomic mass is 15.0. The quantitative estimate of drug-likeness (QED) is 0.706. The van der Waals surface area contributed by atoms with Gasteiger partial charge in [-0.2, -0.15) is 0 Å². The minimum absolute atomic E-state index is 0. The van der Waals surface area contributed by atoms with Crippen LogP contribution in [0.3, 0.4) is 0 Å². The zero-order chi connectivity index (χ0) is 16.8. The molecule has 0 fully saturated rings. The van der Waals surface area contributed by atoms with Gasteiger partial charge in [-0.15, -0.1) is 0 Å². The third-order valence-corrected chi connectivity index (χ3v) is 2.30. The maximum absolute atomic E-state index is 3.46. The van der Waals surface area contributed by atoms with Crippen LogP contribution in [0, 0.1) is 10.8 Å². The van der Waals surface area contributed by atoms with Crippen LogP contribution in [0.2, 0.25) is 0 Å². The summed E-state index contributed by atoms with van der Waals surface area (Å²) in [6.45, 7) is 28.8. The molecule has 2 nitrogen and oxygen atoms in total. The van der Waals surface area contributed by atoms with Crippen molar-refractivity contribution in [3.63, 3.8) is 0 Å². The summed E-state index contributed by atoms with van der Waals surface area (Å²) in [5.41, 5.74) is 1.31. The molecular formula is C19H46N2. The molecule has 0 heterocycles. The largest absolute Gasteiger partial charge is 0.312 e. The molecule has 0 saturated heterocycles. The van der Waals surface area contributed by atoms with Gasteiger partial charge in [0.25, 0.3) is 0 Å². The molecule has 0 atom stereocenters. The van der Waals surface area contributed by atoms with Crippen molar-refractivity contribution in [1.82, 2.24) is 10.6 Å². The Labute approximate surface area is 136 Å². The Morgan fingerprint density at radius 3 is 0.714 bits per heavy atom. The Hall–Kier alpha value is -0.0800. The first kappa shape index (κ1) is 25.9. The maximum Gasteiger partial charge on any atom is 0.00967 e. The van der Waals surface area contributed by atoms with Gasteiger partial charge in [0.05, 0.1) is 0 Å². The Balaban J connectivity index is -0.000000295. The lowest BCUT2D eigenvalue weighted by molar-refractivity contribution is 0.315. The molecule has 0 aromatic carbocycles. The van der Waals surface area contributed by atoms with Gasteiger partial charge in [-0.1, -0.05) is 49.0 Å². The van der Waals surface area contributed by atoms with E-state index >= 15 is 0 Å². The summed E-state index contributed by atoms with van der Waals surface area (Å²) in [5.74, 6) is 0. The molecule has 0 aliphatic rings. The van der Waals surface area contributed by atoms with Crippen molar-refractivity contribution in [1.29, 1.82) is 0 Å². The molecule has 132 valence electrons. The highest BCUT2D eigenvalue weighted by molar-refractivity contribution is 4.75. The van der Waals surface area contributed by atoms with Crippen LogP contribution in [-0.2, 0) is 0 Å². The summed E-state index contributed by atoms with van der Waals surface area (Å²) in [4.78, 5) is 0. The highest BCUT2D eigenvalue weighted by Crippen LogP contribution is 2.13. The number of rotatable bonds is 2. The molecule has 0 radical (unpaired) electrons. The van der Waals surface area contributed by atoms with Crippen molar-refractivity contribution in [2.75, 3.05) is 13.1 Å². The third kappa shape index (κ3) is 33.0. The van der Waals surface area contributed by atoms with Crippen molar-refractivity contribution in [2.45, 2.75) is 102 Å². The average Bonchev–Trinajstić information content (AvgIpc) is 2.09. The van der Waals surface area contributed by atoms with Crippen LogP contribution in [0.5, 0.6) is 0 Å². The molecule has 2 N–H and O–H groups in total. The predicted molar refractivity (Wildman–Crippen MR) is 101 cm³/mol. The molecule has 0 saturated carbocycles. The normalized spacial score (nSPS) is 13.1. The van der Waals surface area contributed by atoms with E-state index in [-0.39, 0.29) is 18.5 Å². The fourth-order valence-electron chi connectivity index (χ4n) is 1.06. The second-order valence-electron chi connectivity index (χ2n) is 10.3. The van der Waals surface area contributed by atoms with Crippen molar-refractivity contribution in [2.24, 2.45) is 10.8 Å². The summed E-state index contributed by atoms with van der Waals surface area (Å²) >= 11 is 0. The summed E-state index contributed by atoms with van der Waals surface area (Å²) in [6.07, 6.45) is 0. The predicted octanol–water partition coefficient (Wildman–Crippen LogP) is 5.48. The Bertz CT molecular complexity index is 185. The van der Waals surface area contributed by atoms with E-state index in [2.05, 4.69) is 93.7 Å². The van der Waals surface area contributed by atoms with Crippen LogP contribution in [0.4, 0.5) is 0 Å². The molecule has 0 aromatic rings. The van der Waals surface area contributed by atoms with Gasteiger partial charge < -0.3 is 10.6 Å². The minimum atomic E-state index is 0. The molecule has 0 aliphatic heterocycles. The van der Waals surface area contributed by atoms with E-state index in [1.165, 1.54) is 0 Å². The summed E-state index contributed by atoms with van der Waals surface area (Å²) in [5, 5.41) is 6.92. The molecule has 0 aliphatic carbocycles. The average molecular weight is 303 g/mol. The monoisotopic (exact) mass is 302 g/mol. The SMILES string of the molecule is C.CC(C)(C)CNC(C)(C)C.CC(C)(C)CNC(C)(C)C. The van der Waals surface area contributed by atoms with E-state index in [9.17, 15) is 0 Å². The van der Waals surface area contributed by atoms with Gasteiger partial charge in [-0.3, -0.25) is 0 Å². The zero-order valence-electron chi connectivity index (χ0n) is 16.4. The molecular weight excluding hydrogens is 256 g/mol. The second-order valence-corrected chi connectivity index (χ2v) is 10.3. The molecule has 0 bridgehead atoms. The van der Waals surface area contributed by atoms with Gasteiger partial charge in [0.1, 0.15) is 0 Å². The number of nitrogens with one attached hydrogen (secondary N) is 2. The van der Waals surface area contributed by atoms with Crippen LogP contribution >= 0.6 is 0 Å². The van der Waals surface area contributed by atoms with E-state index in [1.54, 1.807) is 0 Å². The molecule has 0 rings (SSSR count). The van der Waals surface area contributed by atoms with Gasteiger partial charge in [0.2, 0.25) is 0 Å². The molecule has 0 unspecified atom stereocenters. The molecule has 21 heavy (non-hydrogen) atoms. The summed E-state index contributed by atoms with van der Waals surface area (Å²) in [7, 11) is 0. The first-order valence-electron chi connectivity index (χ1n) is 7.91. The van der Waals surface area contributed by atoms with E-state index in [0.29, 0.717) is 10.8 Å². The van der Waals surface area contributed by atoms with Gasteiger partial charge in [-0.05, 0) is 52.4 Å². The lowest BCUT2D eigenvalue weighted by atomic mass is 9.95. The Morgan fingerprint density at radius 1 is 0.476 bits per heavy atom. The van der Waals surface area contributed by atoms with Crippen molar-refractivity contribution in [3.8, 4) is 0 Å². The fraction of sp³-hybridized carbons (Fsp3) is 1.00. The van der Waals surface area contributed by atoms with Gasteiger partial charge in [-0.25, -0.2) is 0 Å². The molecule has 0 aromatic heterocycles. The Morgan fingerprint density at radius 2 is 0.667 bits per heavy atom. The van der Waals surface area contributed by atoms with Crippen molar-refractivity contribution >= 4 is 0 Å². The maximum atomic E-state index is 3.46. The van der Waals surface area contributed by atoms with Crippen LogP contribution in [0.1, 0.15) is 90.5 Å². The van der Waals surface area contributed by atoms with E-state index < -0.39 is 0 Å². The van der Waals surface area contributed by atoms with E-state index in [4.69, 9.17) is 0 Å². The van der Waals surface area contributed by atoms with Crippen LogP contribution in [0.25, 0.3) is 0 Å². The summed E-state index contributed by atoms with van der Waals surface area (Å²) in [6, 6.07) is 0. The first-order chi connectivity index (χ1) is 8.41. The third-order valence-electron chi connectivity index (χ3n) is 2.30. The van der Waals surface area contributed by atoms with Gasteiger partial charge in [0, 0.05) is 24.2 Å². The van der Waals surface area contributed by atoms with E-state index in [0.717, 1.165) is 13.1 Å². The topological polar surface area (TPSA) is 24.1 Å². The highest BCUT2D eigenvalue weighted by Gasteiger charge is 2.15. The standard InChI is InChI=1S/2C9H21N.CH4/c2*1-8(2,3)7-10-9(4,5)6;/h2*10H,7H2,1-6H3;1H4. The Kier molecular flexibility index (Phi) is 11.3. The molecule has 0 spiro atoms. The van der Waals surface area contributed by atoms with Crippen LogP contribution in [0.15, 0.2) is 0 Å². The van der Waals surface area contributed by atoms with E-state index in [1.807, 2.05) is 0 Å². The molecule has 2 heteroatoms. The van der Waals surface area contributed by atoms with Crippen LogP contribution < -0.4 is 10.6 Å². The van der Waals surface area contributed by atoms with Gasteiger partial charge in [0.15, 0.2) is 0 Å². The lowest BCUT2D eigenvalue weighted by Gasteiger charge is -2.27. The van der Waals surface area contributed by atoms with Crippen molar-refractivity contribution < 1.29 is 0 Å². The number of hydrogen-bond acceptors (Lipinski definition) is 2. The van der Waals surface area contributed by atoms with Crippen LogP contribution in [-0.4, -0.2) is 24.2 Å². The van der Waals surface area contributed by atoms with Gasteiger partial charge >= 0.3 is 0 Å². The smallest absolute Gasteiger partial charge is 0.00967 e. The molecule has 0 amide bonds.